The molecule has 24 heavy (non-hydrogen) atoms. The van der Waals surface area contributed by atoms with E-state index in [1.807, 2.05) is 27.0 Å². The van der Waals surface area contributed by atoms with E-state index in [1.54, 1.807) is 29.0 Å². The zero-order valence-electron chi connectivity index (χ0n) is 13.3. The molecule has 8 heteroatoms. The first-order valence-electron chi connectivity index (χ1n) is 7.15. The summed E-state index contributed by atoms with van der Waals surface area (Å²) in [4.78, 5) is 13.3. The Kier molecular flexibility index (Phi) is 4.26. The van der Waals surface area contributed by atoms with Gasteiger partial charge in [0.1, 0.15) is 5.75 Å². The van der Waals surface area contributed by atoms with Crippen LogP contribution in [0.2, 0.25) is 5.02 Å². The lowest BCUT2D eigenvalue weighted by molar-refractivity contribution is 0.385. The third kappa shape index (κ3) is 3.26. The van der Waals surface area contributed by atoms with Crippen molar-refractivity contribution >= 4 is 23.8 Å². The Bertz CT molecular complexity index is 968. The number of benzene rings is 1. The molecule has 0 amide bonds. The number of hydrogen-bond acceptors (Lipinski definition) is 5. The summed E-state index contributed by atoms with van der Waals surface area (Å²) < 4.78 is 12.0. The lowest BCUT2D eigenvalue weighted by atomic mass is 10.2. The van der Waals surface area contributed by atoms with Crippen LogP contribution in [0.15, 0.2) is 27.5 Å². The van der Waals surface area contributed by atoms with Gasteiger partial charge < -0.3 is 4.74 Å². The fraction of sp³-hybridized carbons (Fsp3) is 0.188. The lowest BCUT2D eigenvalue weighted by Crippen LogP contribution is -1.96. The molecule has 2 aromatic heterocycles. The molecule has 0 fully saturated rings. The second-order valence-electron chi connectivity index (χ2n) is 5.24. The van der Waals surface area contributed by atoms with Crippen LogP contribution >= 0.6 is 11.6 Å². The van der Waals surface area contributed by atoms with Crippen LogP contribution < -0.4 is 10.5 Å². The highest BCUT2D eigenvalue weighted by molar-refractivity contribution is 6.32. The Morgan fingerprint density at radius 1 is 1.33 bits per heavy atom. The van der Waals surface area contributed by atoms with E-state index in [1.165, 1.54) is 0 Å². The van der Waals surface area contributed by atoms with Gasteiger partial charge in [-0.3, -0.25) is 9.51 Å². The van der Waals surface area contributed by atoms with E-state index in [4.69, 9.17) is 16.3 Å². The number of ether oxygens (including phenoxy) is 1. The highest BCUT2D eigenvalue weighted by atomic mass is 35.5. The zero-order valence-corrected chi connectivity index (χ0v) is 14.1. The molecular formula is C16H15ClN4O3. The maximum Gasteiger partial charge on any atom is 0.439 e. The SMILES string of the molecule is Cc1nn(C)c(Oc2cc(/C=C/c3noc(=O)[nH]3)ccc2Cl)c1C. The summed E-state index contributed by atoms with van der Waals surface area (Å²) in [6.45, 7) is 3.86. The van der Waals surface area contributed by atoms with Crippen LogP contribution in [-0.4, -0.2) is 19.9 Å². The van der Waals surface area contributed by atoms with E-state index < -0.39 is 5.76 Å². The molecule has 0 unspecified atom stereocenters. The van der Waals surface area contributed by atoms with Crippen LogP contribution in [0.5, 0.6) is 11.6 Å². The second-order valence-corrected chi connectivity index (χ2v) is 5.65. The largest absolute Gasteiger partial charge is 0.439 e. The minimum Gasteiger partial charge on any atom is -0.437 e. The van der Waals surface area contributed by atoms with Gasteiger partial charge in [0.05, 0.1) is 10.7 Å². The summed E-state index contributed by atoms with van der Waals surface area (Å²) >= 11 is 6.22. The smallest absolute Gasteiger partial charge is 0.437 e. The molecule has 0 aliphatic heterocycles. The first-order valence-corrected chi connectivity index (χ1v) is 7.53. The Morgan fingerprint density at radius 2 is 2.12 bits per heavy atom. The molecule has 0 aliphatic carbocycles. The van der Waals surface area contributed by atoms with Crippen molar-refractivity contribution in [2.45, 2.75) is 13.8 Å². The number of halogens is 1. The minimum absolute atomic E-state index is 0.329. The number of aromatic amines is 1. The molecule has 7 nitrogen and oxygen atoms in total. The number of hydrogen-bond donors (Lipinski definition) is 1. The molecule has 2 heterocycles. The maximum atomic E-state index is 10.9. The highest BCUT2D eigenvalue weighted by Crippen LogP contribution is 2.32. The van der Waals surface area contributed by atoms with Gasteiger partial charge in [-0.2, -0.15) is 5.10 Å². The van der Waals surface area contributed by atoms with Gasteiger partial charge in [-0.05, 0) is 37.6 Å². The Balaban J connectivity index is 1.89. The van der Waals surface area contributed by atoms with Crippen LogP contribution in [0.25, 0.3) is 12.2 Å². The van der Waals surface area contributed by atoms with Crippen molar-refractivity contribution in [2.75, 3.05) is 0 Å². The zero-order chi connectivity index (χ0) is 17.3. The molecule has 1 N–H and O–H groups in total. The van der Waals surface area contributed by atoms with Crippen molar-refractivity contribution in [3.8, 4) is 11.6 Å². The average molecular weight is 347 g/mol. The van der Waals surface area contributed by atoms with Crippen LogP contribution in [0, 0.1) is 13.8 Å². The molecule has 3 aromatic rings. The molecule has 3 rings (SSSR count). The summed E-state index contributed by atoms with van der Waals surface area (Å²) in [5, 5.41) is 8.37. The van der Waals surface area contributed by atoms with Gasteiger partial charge in [0, 0.05) is 12.6 Å². The topological polar surface area (TPSA) is 85.9 Å². The third-order valence-electron chi connectivity index (χ3n) is 3.51. The van der Waals surface area contributed by atoms with Crippen molar-refractivity contribution in [1.82, 2.24) is 19.9 Å². The number of aryl methyl sites for hydroxylation is 2. The van der Waals surface area contributed by atoms with Gasteiger partial charge in [0.2, 0.25) is 5.88 Å². The Labute approximate surface area is 142 Å². The third-order valence-corrected chi connectivity index (χ3v) is 3.82. The molecular weight excluding hydrogens is 332 g/mol. The molecule has 0 bridgehead atoms. The normalized spacial score (nSPS) is 11.3. The molecule has 0 atom stereocenters. The first kappa shape index (κ1) is 16.1. The molecule has 0 saturated heterocycles. The van der Waals surface area contributed by atoms with E-state index in [0.29, 0.717) is 22.5 Å². The fourth-order valence-electron chi connectivity index (χ4n) is 2.18. The Hall–Kier alpha value is -2.80. The van der Waals surface area contributed by atoms with Crippen molar-refractivity contribution in [2.24, 2.45) is 7.05 Å². The standard InChI is InChI=1S/C16H15ClN4O3/c1-9-10(2)19-21(3)15(9)23-13-8-11(4-6-12(13)17)5-7-14-18-16(22)24-20-14/h4-8H,1-3H3,(H,18,20,22)/b7-5+. The first-order chi connectivity index (χ1) is 11.4. The van der Waals surface area contributed by atoms with Gasteiger partial charge in [0.25, 0.3) is 0 Å². The van der Waals surface area contributed by atoms with Crippen LogP contribution in [-0.2, 0) is 7.05 Å². The highest BCUT2D eigenvalue weighted by Gasteiger charge is 2.13. The van der Waals surface area contributed by atoms with Crippen LogP contribution in [0.4, 0.5) is 0 Å². The molecule has 0 aliphatic rings. The Morgan fingerprint density at radius 3 is 2.75 bits per heavy atom. The minimum atomic E-state index is -0.600. The van der Waals surface area contributed by atoms with Crippen molar-refractivity contribution < 1.29 is 9.26 Å². The predicted molar refractivity (Wildman–Crippen MR) is 90.3 cm³/mol. The van der Waals surface area contributed by atoms with E-state index in [-0.39, 0.29) is 0 Å². The number of aromatic nitrogens is 4. The van der Waals surface area contributed by atoms with Crippen molar-refractivity contribution in [1.29, 1.82) is 0 Å². The van der Waals surface area contributed by atoms with Crippen LogP contribution in [0.3, 0.4) is 0 Å². The van der Waals surface area contributed by atoms with E-state index in [0.717, 1.165) is 16.8 Å². The molecule has 0 saturated carbocycles. The van der Waals surface area contributed by atoms with E-state index in [9.17, 15) is 4.79 Å². The molecule has 124 valence electrons. The quantitative estimate of drug-likeness (QED) is 0.783. The van der Waals surface area contributed by atoms with Crippen molar-refractivity contribution in [3.05, 3.63) is 56.4 Å². The number of nitrogens with zero attached hydrogens (tertiary/aromatic N) is 3. The molecule has 1 aromatic carbocycles. The maximum absolute atomic E-state index is 10.9. The number of nitrogens with one attached hydrogen (secondary N) is 1. The average Bonchev–Trinajstić information content (AvgIpc) is 3.06. The monoisotopic (exact) mass is 346 g/mol. The van der Waals surface area contributed by atoms with Gasteiger partial charge in [-0.1, -0.05) is 28.9 Å². The number of H-pyrrole nitrogens is 1. The summed E-state index contributed by atoms with van der Waals surface area (Å²) in [5.41, 5.74) is 2.68. The summed E-state index contributed by atoms with van der Waals surface area (Å²) in [5.74, 6) is 0.877. The van der Waals surface area contributed by atoms with Crippen molar-refractivity contribution in [3.63, 3.8) is 0 Å². The summed E-state index contributed by atoms with van der Waals surface area (Å²) in [6, 6.07) is 5.35. The molecule has 0 spiro atoms. The second kappa shape index (κ2) is 6.37. The predicted octanol–water partition coefficient (Wildman–Crippen LogP) is 3.33. The van der Waals surface area contributed by atoms with Gasteiger partial charge >= 0.3 is 5.76 Å². The fourth-order valence-corrected chi connectivity index (χ4v) is 2.34. The van der Waals surface area contributed by atoms with Crippen LogP contribution in [0.1, 0.15) is 22.6 Å². The molecule has 0 radical (unpaired) electrons. The van der Waals surface area contributed by atoms with Gasteiger partial charge in [-0.25, -0.2) is 9.48 Å². The van der Waals surface area contributed by atoms with E-state index >= 15 is 0 Å². The summed E-state index contributed by atoms with van der Waals surface area (Å²) in [7, 11) is 1.81. The summed E-state index contributed by atoms with van der Waals surface area (Å²) in [6.07, 6.45) is 3.38. The number of rotatable bonds is 4. The van der Waals surface area contributed by atoms with Gasteiger partial charge in [0.15, 0.2) is 5.82 Å². The van der Waals surface area contributed by atoms with E-state index in [2.05, 4.69) is 19.8 Å². The lowest BCUT2D eigenvalue weighted by Gasteiger charge is -2.09. The van der Waals surface area contributed by atoms with Gasteiger partial charge in [-0.15, -0.1) is 0 Å².